The second kappa shape index (κ2) is 4.75. The van der Waals surface area contributed by atoms with Crippen molar-refractivity contribution in [3.05, 3.63) is 28.0 Å². The van der Waals surface area contributed by atoms with Gasteiger partial charge in [0.1, 0.15) is 5.82 Å². The van der Waals surface area contributed by atoms with Gasteiger partial charge in [-0.1, -0.05) is 15.9 Å². The Hall–Kier alpha value is -0.320. The monoisotopic (exact) mass is 320 g/mol. The lowest BCUT2D eigenvalue weighted by Crippen LogP contribution is -2.54. The molecule has 0 amide bonds. The van der Waals surface area contributed by atoms with Gasteiger partial charge in [-0.3, -0.25) is 0 Å². The zero-order valence-corrected chi connectivity index (χ0v) is 11.9. The van der Waals surface area contributed by atoms with Gasteiger partial charge in [0.25, 0.3) is 0 Å². The lowest BCUT2D eigenvalue weighted by molar-refractivity contribution is 0.429. The fourth-order valence-corrected chi connectivity index (χ4v) is 3.30. The normalized spacial score (nSPS) is 26.2. The molecular formula is C12H15BrClFN2. The predicted molar refractivity (Wildman–Crippen MR) is 73.7 cm³/mol. The summed E-state index contributed by atoms with van der Waals surface area (Å²) < 4.78 is 14.7. The molecule has 0 saturated carbocycles. The molecule has 2 atom stereocenters. The van der Waals surface area contributed by atoms with Crippen LogP contribution in [0.15, 0.2) is 16.6 Å². The average molecular weight is 322 g/mol. The number of rotatable bonds is 0. The third kappa shape index (κ3) is 2.07. The number of hydrogen-bond donors (Lipinski definition) is 1. The van der Waals surface area contributed by atoms with Gasteiger partial charge in [-0.2, -0.15) is 0 Å². The molecule has 5 heteroatoms. The predicted octanol–water partition coefficient (Wildman–Crippen LogP) is 2.73. The van der Waals surface area contributed by atoms with Crippen LogP contribution in [0.5, 0.6) is 0 Å². The van der Waals surface area contributed by atoms with E-state index in [0.717, 1.165) is 35.2 Å². The Labute approximate surface area is 115 Å². The Balaban J connectivity index is 0.00000108. The van der Waals surface area contributed by atoms with Crippen LogP contribution < -0.4 is 10.2 Å². The minimum atomic E-state index is -0.0778. The molecule has 17 heavy (non-hydrogen) atoms. The summed E-state index contributed by atoms with van der Waals surface area (Å²) in [6.07, 6.45) is 0.825. The Morgan fingerprint density at radius 2 is 2.18 bits per heavy atom. The summed E-state index contributed by atoms with van der Waals surface area (Å²) in [6.45, 7) is 4.12. The molecule has 0 radical (unpaired) electrons. The second-order valence-electron chi connectivity index (χ2n) is 4.66. The van der Waals surface area contributed by atoms with Crippen LogP contribution >= 0.6 is 28.3 Å². The van der Waals surface area contributed by atoms with Crippen molar-refractivity contribution in [1.82, 2.24) is 5.32 Å². The first kappa shape index (κ1) is 13.1. The quantitative estimate of drug-likeness (QED) is 0.790. The molecule has 1 saturated heterocycles. The number of anilines is 1. The molecule has 3 rings (SSSR count). The number of nitrogens with zero attached hydrogens (tertiary/aromatic N) is 1. The first-order chi connectivity index (χ1) is 7.66. The highest BCUT2D eigenvalue weighted by molar-refractivity contribution is 9.10. The number of hydrogen-bond acceptors (Lipinski definition) is 2. The number of piperazine rings is 1. The van der Waals surface area contributed by atoms with Crippen LogP contribution in [-0.4, -0.2) is 25.2 Å². The van der Waals surface area contributed by atoms with Crippen molar-refractivity contribution in [2.24, 2.45) is 0 Å². The van der Waals surface area contributed by atoms with Crippen molar-refractivity contribution in [2.45, 2.75) is 25.4 Å². The summed E-state index contributed by atoms with van der Waals surface area (Å²) in [5.41, 5.74) is 1.95. The molecular weight excluding hydrogens is 307 g/mol. The van der Waals surface area contributed by atoms with E-state index in [-0.39, 0.29) is 18.2 Å². The molecule has 1 fully saturated rings. The van der Waals surface area contributed by atoms with E-state index < -0.39 is 0 Å². The highest BCUT2D eigenvalue weighted by atomic mass is 79.9. The van der Waals surface area contributed by atoms with E-state index in [1.54, 1.807) is 6.07 Å². The molecule has 1 N–H and O–H groups in total. The molecule has 0 unspecified atom stereocenters. The van der Waals surface area contributed by atoms with Gasteiger partial charge in [0.15, 0.2) is 0 Å². The Bertz CT molecular complexity index is 441. The maximum Gasteiger partial charge on any atom is 0.129 e. The van der Waals surface area contributed by atoms with Gasteiger partial charge in [-0.15, -0.1) is 12.4 Å². The highest BCUT2D eigenvalue weighted by Crippen LogP contribution is 2.38. The summed E-state index contributed by atoms with van der Waals surface area (Å²) in [4.78, 5) is 2.36. The van der Waals surface area contributed by atoms with Gasteiger partial charge in [0.2, 0.25) is 0 Å². The third-order valence-electron chi connectivity index (χ3n) is 3.54. The molecule has 2 aliphatic heterocycles. The number of benzene rings is 1. The van der Waals surface area contributed by atoms with Crippen molar-refractivity contribution < 1.29 is 4.39 Å². The Morgan fingerprint density at radius 1 is 1.41 bits per heavy atom. The summed E-state index contributed by atoms with van der Waals surface area (Å²) in [5.74, 6) is -0.0778. The maximum absolute atomic E-state index is 13.8. The number of halogens is 3. The van der Waals surface area contributed by atoms with Gasteiger partial charge < -0.3 is 10.2 Å². The van der Waals surface area contributed by atoms with E-state index in [2.05, 4.69) is 33.1 Å². The van der Waals surface area contributed by atoms with Crippen molar-refractivity contribution in [1.29, 1.82) is 0 Å². The highest BCUT2D eigenvalue weighted by Gasteiger charge is 2.36. The lowest BCUT2D eigenvalue weighted by Gasteiger charge is -2.38. The van der Waals surface area contributed by atoms with E-state index in [1.807, 2.05) is 6.07 Å². The maximum atomic E-state index is 13.8. The number of fused-ring (bicyclic) bond motifs is 3. The van der Waals surface area contributed by atoms with E-state index in [4.69, 9.17) is 0 Å². The molecule has 94 valence electrons. The zero-order valence-electron chi connectivity index (χ0n) is 9.54. The van der Waals surface area contributed by atoms with Gasteiger partial charge >= 0.3 is 0 Å². The lowest BCUT2D eigenvalue weighted by atomic mass is 10.1. The Kier molecular flexibility index (Phi) is 3.66. The molecule has 0 aliphatic carbocycles. The van der Waals surface area contributed by atoms with Gasteiger partial charge in [-0.05, 0) is 25.5 Å². The average Bonchev–Trinajstić information content (AvgIpc) is 2.58. The van der Waals surface area contributed by atoms with E-state index in [0.29, 0.717) is 12.1 Å². The third-order valence-corrected chi connectivity index (χ3v) is 4.00. The van der Waals surface area contributed by atoms with Gasteiger partial charge in [0.05, 0.1) is 0 Å². The van der Waals surface area contributed by atoms with E-state index in [1.165, 1.54) is 0 Å². The molecule has 0 spiro atoms. The van der Waals surface area contributed by atoms with Crippen LogP contribution in [0.25, 0.3) is 0 Å². The molecule has 2 aliphatic rings. The number of nitrogens with one attached hydrogen (secondary N) is 1. The van der Waals surface area contributed by atoms with Crippen molar-refractivity contribution >= 4 is 34.0 Å². The van der Waals surface area contributed by atoms with Gasteiger partial charge in [0, 0.05) is 40.9 Å². The molecule has 2 heterocycles. The van der Waals surface area contributed by atoms with Crippen molar-refractivity contribution in [2.75, 3.05) is 18.0 Å². The minimum absolute atomic E-state index is 0. The van der Waals surface area contributed by atoms with Crippen LogP contribution in [-0.2, 0) is 6.42 Å². The fraction of sp³-hybridized carbons (Fsp3) is 0.500. The van der Waals surface area contributed by atoms with Crippen molar-refractivity contribution in [3.63, 3.8) is 0 Å². The topological polar surface area (TPSA) is 15.3 Å². The van der Waals surface area contributed by atoms with Crippen LogP contribution in [0.4, 0.5) is 10.1 Å². The smallest absolute Gasteiger partial charge is 0.129 e. The summed E-state index contributed by atoms with van der Waals surface area (Å²) in [7, 11) is 0. The van der Waals surface area contributed by atoms with Crippen LogP contribution in [0.2, 0.25) is 0 Å². The Morgan fingerprint density at radius 3 is 2.94 bits per heavy atom. The molecule has 2 nitrogen and oxygen atoms in total. The first-order valence-electron chi connectivity index (χ1n) is 5.64. The van der Waals surface area contributed by atoms with Crippen LogP contribution in [0, 0.1) is 5.82 Å². The summed E-state index contributed by atoms with van der Waals surface area (Å²) >= 11 is 3.37. The first-order valence-corrected chi connectivity index (χ1v) is 6.43. The SMILES string of the molecule is C[C@@H]1CNC[C@H]2Cc3c(F)cc(Br)cc3N21.Cl. The molecule has 1 aromatic rings. The summed E-state index contributed by atoms with van der Waals surface area (Å²) in [6, 6.07) is 4.46. The summed E-state index contributed by atoms with van der Waals surface area (Å²) in [5, 5.41) is 3.40. The minimum Gasteiger partial charge on any atom is -0.363 e. The van der Waals surface area contributed by atoms with E-state index >= 15 is 0 Å². The van der Waals surface area contributed by atoms with Crippen LogP contribution in [0.3, 0.4) is 0 Å². The fourth-order valence-electron chi connectivity index (χ4n) is 2.88. The molecule has 0 aromatic heterocycles. The zero-order chi connectivity index (χ0) is 11.3. The largest absolute Gasteiger partial charge is 0.363 e. The molecule has 1 aromatic carbocycles. The van der Waals surface area contributed by atoms with Crippen molar-refractivity contribution in [3.8, 4) is 0 Å². The second-order valence-corrected chi connectivity index (χ2v) is 5.57. The van der Waals surface area contributed by atoms with Crippen LogP contribution in [0.1, 0.15) is 12.5 Å². The molecule has 0 bridgehead atoms. The van der Waals surface area contributed by atoms with E-state index in [9.17, 15) is 4.39 Å². The van der Waals surface area contributed by atoms with Gasteiger partial charge in [-0.25, -0.2) is 4.39 Å². The standard InChI is InChI=1S/C12H14BrFN2.ClH/c1-7-5-15-6-9-4-10-11(14)2-8(13)3-12(10)16(7)9;/h2-3,7,9,15H,4-6H2,1H3;1H/t7-,9-;/m1./s1.